The fourth-order valence-electron chi connectivity index (χ4n) is 1.92. The zero-order valence-electron chi connectivity index (χ0n) is 9.31. The van der Waals surface area contributed by atoms with Crippen LogP contribution in [0.4, 0.5) is 13.2 Å². The van der Waals surface area contributed by atoms with Gasteiger partial charge in [0.25, 0.3) is 0 Å². The van der Waals surface area contributed by atoms with Crippen LogP contribution in [0.3, 0.4) is 0 Å². The van der Waals surface area contributed by atoms with Crippen molar-refractivity contribution in [2.45, 2.75) is 25.6 Å². The summed E-state index contributed by atoms with van der Waals surface area (Å²) in [5, 5.41) is 0.204. The maximum absolute atomic E-state index is 12.8. The van der Waals surface area contributed by atoms with Crippen molar-refractivity contribution in [2.75, 3.05) is 0 Å². The van der Waals surface area contributed by atoms with Crippen LogP contribution in [0.2, 0.25) is 0 Å². The summed E-state index contributed by atoms with van der Waals surface area (Å²) in [6, 6.07) is 5.57. The summed E-state index contributed by atoms with van der Waals surface area (Å²) in [5.74, 6) is 0. The minimum absolute atomic E-state index is 0.0857. The molecule has 1 heterocycles. The lowest BCUT2D eigenvalue weighted by molar-refractivity contribution is -0.136. The molecular formula is C12H13F3N2. The third-order valence-corrected chi connectivity index (χ3v) is 2.57. The highest BCUT2D eigenvalue weighted by Crippen LogP contribution is 2.35. The van der Waals surface area contributed by atoms with Gasteiger partial charge in [-0.3, -0.25) is 0 Å². The van der Waals surface area contributed by atoms with Crippen LogP contribution >= 0.6 is 0 Å². The van der Waals surface area contributed by atoms with Gasteiger partial charge >= 0.3 is 6.18 Å². The summed E-state index contributed by atoms with van der Waals surface area (Å²) in [6.45, 7) is 1.82. The third-order valence-electron chi connectivity index (χ3n) is 2.57. The Kier molecular flexibility index (Phi) is 2.87. The number of halogens is 3. The monoisotopic (exact) mass is 242 g/mol. The van der Waals surface area contributed by atoms with Crippen molar-refractivity contribution >= 4 is 10.9 Å². The van der Waals surface area contributed by atoms with Gasteiger partial charge in [-0.2, -0.15) is 13.2 Å². The predicted molar refractivity (Wildman–Crippen MR) is 60.7 cm³/mol. The lowest BCUT2D eigenvalue weighted by Gasteiger charge is -2.06. The molecule has 2 nitrogen and oxygen atoms in total. The Hall–Kier alpha value is -1.49. The van der Waals surface area contributed by atoms with Gasteiger partial charge in [-0.15, -0.1) is 0 Å². The van der Waals surface area contributed by atoms with Crippen LogP contribution in [0.25, 0.3) is 10.9 Å². The molecule has 0 saturated heterocycles. The van der Waals surface area contributed by atoms with Crippen molar-refractivity contribution in [3.8, 4) is 0 Å². The van der Waals surface area contributed by atoms with Crippen molar-refractivity contribution in [2.24, 2.45) is 5.73 Å². The maximum atomic E-state index is 12.8. The molecule has 3 N–H and O–H groups in total. The molecule has 0 spiro atoms. The number of nitrogens with two attached hydrogens (primary N) is 1. The van der Waals surface area contributed by atoms with Crippen LogP contribution in [-0.2, 0) is 12.6 Å². The summed E-state index contributed by atoms with van der Waals surface area (Å²) < 4.78 is 38.3. The minimum Gasteiger partial charge on any atom is -0.358 e. The van der Waals surface area contributed by atoms with E-state index in [0.717, 1.165) is 11.8 Å². The smallest absolute Gasteiger partial charge is 0.358 e. The molecule has 1 unspecified atom stereocenters. The van der Waals surface area contributed by atoms with E-state index in [9.17, 15) is 13.2 Å². The SMILES string of the molecule is CC(N)Cc1cc2c(C(F)(F)F)cccc2[nH]1. The number of rotatable bonds is 2. The van der Waals surface area contributed by atoms with Gasteiger partial charge in [0.05, 0.1) is 5.56 Å². The van der Waals surface area contributed by atoms with E-state index in [-0.39, 0.29) is 11.4 Å². The normalized spacial score (nSPS) is 14.2. The van der Waals surface area contributed by atoms with E-state index in [2.05, 4.69) is 4.98 Å². The van der Waals surface area contributed by atoms with Gasteiger partial charge in [0.2, 0.25) is 0 Å². The Labute approximate surface area is 96.6 Å². The molecular weight excluding hydrogens is 229 g/mol. The van der Waals surface area contributed by atoms with E-state index < -0.39 is 11.7 Å². The lowest BCUT2D eigenvalue weighted by Crippen LogP contribution is -2.17. The topological polar surface area (TPSA) is 41.8 Å². The quantitative estimate of drug-likeness (QED) is 0.834. The highest BCUT2D eigenvalue weighted by atomic mass is 19.4. The zero-order chi connectivity index (χ0) is 12.6. The Morgan fingerprint density at radius 3 is 2.65 bits per heavy atom. The van der Waals surface area contributed by atoms with E-state index >= 15 is 0 Å². The Bertz CT molecular complexity index is 526. The largest absolute Gasteiger partial charge is 0.417 e. The summed E-state index contributed by atoms with van der Waals surface area (Å²) in [4.78, 5) is 2.96. The third kappa shape index (κ3) is 2.44. The molecule has 0 saturated carbocycles. The van der Waals surface area contributed by atoms with Crippen molar-refractivity contribution in [1.29, 1.82) is 0 Å². The van der Waals surface area contributed by atoms with Crippen LogP contribution in [-0.4, -0.2) is 11.0 Å². The Morgan fingerprint density at radius 1 is 1.35 bits per heavy atom. The van der Waals surface area contributed by atoms with Gasteiger partial charge in [0.1, 0.15) is 0 Å². The van der Waals surface area contributed by atoms with Crippen molar-refractivity contribution < 1.29 is 13.2 Å². The maximum Gasteiger partial charge on any atom is 0.417 e. The number of H-pyrrole nitrogens is 1. The molecule has 1 aromatic heterocycles. The van der Waals surface area contributed by atoms with Crippen molar-refractivity contribution in [3.63, 3.8) is 0 Å². The molecule has 0 amide bonds. The first-order valence-corrected chi connectivity index (χ1v) is 5.31. The number of nitrogens with one attached hydrogen (secondary N) is 1. The summed E-state index contributed by atoms with van der Waals surface area (Å²) in [5.41, 5.74) is 6.24. The molecule has 0 radical (unpaired) electrons. The zero-order valence-corrected chi connectivity index (χ0v) is 9.31. The minimum atomic E-state index is -4.33. The van der Waals surface area contributed by atoms with Gasteiger partial charge in [-0.25, -0.2) is 0 Å². The van der Waals surface area contributed by atoms with Crippen molar-refractivity contribution in [3.05, 3.63) is 35.5 Å². The van der Waals surface area contributed by atoms with Crippen molar-refractivity contribution in [1.82, 2.24) is 4.98 Å². The summed E-state index contributed by atoms with van der Waals surface area (Å²) in [7, 11) is 0. The highest BCUT2D eigenvalue weighted by Gasteiger charge is 2.32. The number of hydrogen-bond acceptors (Lipinski definition) is 1. The molecule has 92 valence electrons. The second-order valence-electron chi connectivity index (χ2n) is 4.24. The molecule has 1 aromatic carbocycles. The Morgan fingerprint density at radius 2 is 2.06 bits per heavy atom. The number of aromatic amines is 1. The second-order valence-corrected chi connectivity index (χ2v) is 4.24. The number of aromatic nitrogens is 1. The van der Waals surface area contributed by atoms with Gasteiger partial charge in [-0.05, 0) is 25.1 Å². The summed E-state index contributed by atoms with van der Waals surface area (Å²) >= 11 is 0. The molecule has 0 fully saturated rings. The van der Waals surface area contributed by atoms with Gasteiger partial charge in [0.15, 0.2) is 0 Å². The molecule has 5 heteroatoms. The van der Waals surface area contributed by atoms with E-state index in [1.54, 1.807) is 6.07 Å². The van der Waals surface area contributed by atoms with Crippen LogP contribution in [0.1, 0.15) is 18.2 Å². The van der Waals surface area contributed by atoms with Crippen LogP contribution in [0.15, 0.2) is 24.3 Å². The Balaban J connectivity index is 2.53. The first-order valence-electron chi connectivity index (χ1n) is 5.31. The highest BCUT2D eigenvalue weighted by molar-refractivity contribution is 5.84. The fraction of sp³-hybridized carbons (Fsp3) is 0.333. The predicted octanol–water partition coefficient (Wildman–Crippen LogP) is 3.08. The number of hydrogen-bond donors (Lipinski definition) is 2. The number of alkyl halides is 3. The molecule has 1 atom stereocenters. The molecule has 2 aromatic rings. The average Bonchev–Trinajstić information content (AvgIpc) is 2.55. The summed E-state index contributed by atoms with van der Waals surface area (Å²) in [6.07, 6.45) is -3.79. The van der Waals surface area contributed by atoms with Gasteiger partial charge in [0, 0.05) is 29.1 Å². The first kappa shape index (κ1) is 12.0. The van der Waals surface area contributed by atoms with Crippen LogP contribution in [0, 0.1) is 0 Å². The molecule has 17 heavy (non-hydrogen) atoms. The van der Waals surface area contributed by atoms with Crippen LogP contribution < -0.4 is 5.73 Å². The molecule has 0 bridgehead atoms. The average molecular weight is 242 g/mol. The van der Waals surface area contributed by atoms with Gasteiger partial charge in [-0.1, -0.05) is 6.07 Å². The fourth-order valence-corrected chi connectivity index (χ4v) is 1.92. The molecule has 0 aliphatic rings. The van der Waals surface area contributed by atoms with E-state index in [1.165, 1.54) is 12.1 Å². The van der Waals surface area contributed by atoms with E-state index in [1.807, 2.05) is 6.92 Å². The molecule has 0 aliphatic carbocycles. The molecule has 2 rings (SSSR count). The van der Waals surface area contributed by atoms with E-state index in [0.29, 0.717) is 11.9 Å². The van der Waals surface area contributed by atoms with Gasteiger partial charge < -0.3 is 10.7 Å². The molecule has 0 aliphatic heterocycles. The second kappa shape index (κ2) is 4.07. The standard InChI is InChI=1S/C12H13F3N2/c1-7(16)5-8-6-9-10(12(13,14)15)3-2-4-11(9)17-8/h2-4,6-7,17H,5,16H2,1H3. The van der Waals surface area contributed by atoms with Crippen LogP contribution in [0.5, 0.6) is 0 Å². The number of benzene rings is 1. The first-order chi connectivity index (χ1) is 7.88. The number of fused-ring (bicyclic) bond motifs is 1. The van der Waals surface area contributed by atoms with E-state index in [4.69, 9.17) is 5.73 Å². The lowest BCUT2D eigenvalue weighted by atomic mass is 10.1.